The fraction of sp³-hybridized carbons (Fsp3) is 0.417. The monoisotopic (exact) mass is 254 g/mol. The van der Waals surface area contributed by atoms with Gasteiger partial charge in [0.15, 0.2) is 0 Å². The fourth-order valence-electron chi connectivity index (χ4n) is 1.76. The maximum Gasteiger partial charge on any atom is 0.138 e. The molecule has 0 aliphatic rings. The van der Waals surface area contributed by atoms with E-state index in [2.05, 4.69) is 0 Å². The van der Waals surface area contributed by atoms with Crippen LogP contribution in [0.4, 0.5) is 0 Å². The largest absolute Gasteiger partial charge is 0.810 e. The Labute approximate surface area is 101 Å². The van der Waals surface area contributed by atoms with Crippen molar-refractivity contribution in [2.24, 2.45) is 0 Å². The third-order valence-electron chi connectivity index (χ3n) is 2.56. The van der Waals surface area contributed by atoms with Crippen LogP contribution in [0.2, 0.25) is 0 Å². The number of ketones is 1. The van der Waals surface area contributed by atoms with Crippen molar-refractivity contribution in [1.82, 2.24) is 0 Å². The van der Waals surface area contributed by atoms with Crippen molar-refractivity contribution in [3.63, 3.8) is 0 Å². The van der Waals surface area contributed by atoms with Crippen molar-refractivity contribution < 1.29 is 19.1 Å². The highest BCUT2D eigenvalue weighted by molar-refractivity contribution is 7.49. The summed E-state index contributed by atoms with van der Waals surface area (Å²) >= 11 is 0. The molecule has 0 spiro atoms. The second-order valence-electron chi connectivity index (χ2n) is 4.73. The highest BCUT2D eigenvalue weighted by Crippen LogP contribution is 2.30. The molecular weight excluding hydrogens is 239 g/mol. The average Bonchev–Trinajstić information content (AvgIpc) is 2.15. The van der Waals surface area contributed by atoms with Crippen molar-refractivity contribution in [3.8, 4) is 0 Å². The van der Waals surface area contributed by atoms with Gasteiger partial charge in [-0.25, -0.2) is 0 Å². The first kappa shape index (κ1) is 14.1. The van der Waals surface area contributed by atoms with Crippen LogP contribution in [0.15, 0.2) is 30.3 Å². The SMILES string of the molecule is CC(C)(CC(=O)CP(=O)([O-])[O-])c1ccccc1. The van der Waals surface area contributed by atoms with E-state index in [1.54, 1.807) is 0 Å². The van der Waals surface area contributed by atoms with Crippen LogP contribution in [0.25, 0.3) is 0 Å². The minimum absolute atomic E-state index is 0.0471. The van der Waals surface area contributed by atoms with Gasteiger partial charge in [-0.05, 0) is 11.0 Å². The van der Waals surface area contributed by atoms with E-state index in [1.807, 2.05) is 44.2 Å². The molecule has 1 rings (SSSR count). The van der Waals surface area contributed by atoms with E-state index in [4.69, 9.17) is 0 Å². The van der Waals surface area contributed by atoms with Gasteiger partial charge in [-0.1, -0.05) is 51.8 Å². The molecule has 0 saturated heterocycles. The minimum atomic E-state index is -4.75. The van der Waals surface area contributed by atoms with E-state index in [-0.39, 0.29) is 6.42 Å². The average molecular weight is 254 g/mol. The lowest BCUT2D eigenvalue weighted by Crippen LogP contribution is -2.27. The smallest absolute Gasteiger partial charge is 0.138 e. The summed E-state index contributed by atoms with van der Waals surface area (Å²) in [6.45, 7) is 3.70. The summed E-state index contributed by atoms with van der Waals surface area (Å²) in [6.07, 6.45) is -0.852. The number of hydrogen-bond donors (Lipinski definition) is 0. The van der Waals surface area contributed by atoms with Crippen LogP contribution in [0, 0.1) is 0 Å². The molecule has 0 N–H and O–H groups in total. The molecule has 0 atom stereocenters. The molecule has 94 valence electrons. The van der Waals surface area contributed by atoms with Crippen LogP contribution in [0.5, 0.6) is 0 Å². The predicted molar refractivity (Wildman–Crippen MR) is 61.6 cm³/mol. The first-order chi connectivity index (χ1) is 7.71. The Morgan fingerprint density at radius 1 is 1.24 bits per heavy atom. The van der Waals surface area contributed by atoms with Crippen LogP contribution >= 0.6 is 7.60 Å². The Balaban J connectivity index is 2.74. The van der Waals surface area contributed by atoms with E-state index >= 15 is 0 Å². The number of carbonyl (C=O) groups is 1. The van der Waals surface area contributed by atoms with Gasteiger partial charge in [0.2, 0.25) is 0 Å². The molecule has 17 heavy (non-hydrogen) atoms. The molecule has 0 unspecified atom stereocenters. The van der Waals surface area contributed by atoms with Crippen molar-refractivity contribution >= 4 is 13.4 Å². The van der Waals surface area contributed by atoms with E-state index in [9.17, 15) is 19.1 Å². The molecule has 4 nitrogen and oxygen atoms in total. The summed E-state index contributed by atoms with van der Waals surface area (Å²) in [4.78, 5) is 32.5. The zero-order valence-electron chi connectivity index (χ0n) is 9.88. The van der Waals surface area contributed by atoms with Crippen molar-refractivity contribution in [2.75, 3.05) is 6.16 Å². The maximum atomic E-state index is 11.5. The summed E-state index contributed by atoms with van der Waals surface area (Å²) in [7, 11) is -4.75. The number of hydrogen-bond acceptors (Lipinski definition) is 4. The molecule has 0 heterocycles. The van der Waals surface area contributed by atoms with Gasteiger partial charge in [0.05, 0.1) is 0 Å². The first-order valence-electron chi connectivity index (χ1n) is 5.29. The Hall–Kier alpha value is -0.960. The number of benzene rings is 1. The van der Waals surface area contributed by atoms with Crippen LogP contribution in [-0.2, 0) is 14.8 Å². The first-order valence-corrected chi connectivity index (χ1v) is 7.02. The maximum absolute atomic E-state index is 11.5. The number of rotatable bonds is 5. The Morgan fingerprint density at radius 3 is 2.24 bits per heavy atom. The summed E-state index contributed by atoms with van der Waals surface area (Å²) in [6, 6.07) is 9.33. The Kier molecular flexibility index (Phi) is 4.26. The molecule has 0 amide bonds. The van der Waals surface area contributed by atoms with Gasteiger partial charge in [0.1, 0.15) is 5.78 Å². The zero-order chi connectivity index (χ0) is 13.1. The second-order valence-corrected chi connectivity index (χ2v) is 6.27. The van der Waals surface area contributed by atoms with Gasteiger partial charge >= 0.3 is 0 Å². The fourth-order valence-corrected chi connectivity index (χ4v) is 2.30. The van der Waals surface area contributed by atoms with Crippen LogP contribution < -0.4 is 9.79 Å². The number of Topliss-reactive ketones (excluding diaryl/α,β-unsaturated/α-hetero) is 1. The third kappa shape index (κ3) is 4.82. The van der Waals surface area contributed by atoms with Crippen molar-refractivity contribution in [2.45, 2.75) is 25.7 Å². The van der Waals surface area contributed by atoms with Crippen LogP contribution in [-0.4, -0.2) is 11.9 Å². The number of carbonyl (C=O) groups excluding carboxylic acids is 1. The quantitative estimate of drug-likeness (QED) is 0.729. The van der Waals surface area contributed by atoms with Gasteiger partial charge in [0, 0.05) is 12.6 Å². The standard InChI is InChI=1S/C12H17O4P/c1-12(2,10-6-4-3-5-7-10)8-11(13)9-17(14,15)16/h3-7H,8-9H2,1-2H3,(H2,14,15,16)/p-2. The lowest BCUT2D eigenvalue weighted by molar-refractivity contribution is -0.312. The second kappa shape index (κ2) is 5.13. The molecule has 0 bridgehead atoms. The van der Waals surface area contributed by atoms with Crippen molar-refractivity contribution in [3.05, 3.63) is 35.9 Å². The van der Waals surface area contributed by atoms with Gasteiger partial charge in [0.25, 0.3) is 0 Å². The predicted octanol–water partition coefficient (Wildman–Crippen LogP) is 0.837. The molecule has 0 fully saturated rings. The van der Waals surface area contributed by atoms with E-state index in [1.165, 1.54) is 0 Å². The molecule has 1 aromatic rings. The lowest BCUT2D eigenvalue weighted by atomic mass is 9.80. The van der Waals surface area contributed by atoms with Gasteiger partial charge in [-0.15, -0.1) is 0 Å². The highest BCUT2D eigenvalue weighted by atomic mass is 31.2. The Bertz CT molecular complexity index is 433. The molecule has 0 aliphatic carbocycles. The normalized spacial score (nSPS) is 12.5. The third-order valence-corrected chi connectivity index (χ3v) is 3.30. The topological polar surface area (TPSA) is 80.3 Å². The molecule has 0 radical (unpaired) electrons. The molecule has 5 heteroatoms. The molecule has 0 aliphatic heterocycles. The highest BCUT2D eigenvalue weighted by Gasteiger charge is 2.24. The minimum Gasteiger partial charge on any atom is -0.810 e. The van der Waals surface area contributed by atoms with E-state index in [0.717, 1.165) is 5.56 Å². The summed E-state index contributed by atoms with van der Waals surface area (Å²) in [5.41, 5.74) is 0.480. The van der Waals surface area contributed by atoms with Gasteiger partial charge in [-0.2, -0.15) is 0 Å². The van der Waals surface area contributed by atoms with E-state index < -0.39 is 25.0 Å². The molecule has 0 aromatic heterocycles. The van der Waals surface area contributed by atoms with E-state index in [0.29, 0.717) is 0 Å². The van der Waals surface area contributed by atoms with Crippen LogP contribution in [0.3, 0.4) is 0 Å². The lowest BCUT2D eigenvalue weighted by Gasteiger charge is -2.31. The van der Waals surface area contributed by atoms with Crippen molar-refractivity contribution in [1.29, 1.82) is 0 Å². The summed E-state index contributed by atoms with van der Waals surface area (Å²) < 4.78 is 10.5. The van der Waals surface area contributed by atoms with Gasteiger partial charge in [-0.3, -0.25) is 4.79 Å². The summed E-state index contributed by atoms with van der Waals surface area (Å²) in [5.74, 6) is -0.535. The molecule has 1 aromatic carbocycles. The zero-order valence-corrected chi connectivity index (χ0v) is 10.8. The van der Waals surface area contributed by atoms with Gasteiger partial charge < -0.3 is 14.4 Å². The Morgan fingerprint density at radius 2 is 1.76 bits per heavy atom. The molecule has 0 saturated carbocycles. The molecular formula is C12H15O4P-2. The summed E-state index contributed by atoms with van der Waals surface area (Å²) in [5, 5.41) is 0. The van der Waals surface area contributed by atoms with Crippen LogP contribution in [0.1, 0.15) is 25.8 Å².